The first-order chi connectivity index (χ1) is 10.2. The van der Waals surface area contributed by atoms with Crippen LogP contribution in [0.25, 0.3) is 0 Å². The molecule has 5 heteroatoms. The minimum atomic E-state index is 0.362. The summed E-state index contributed by atoms with van der Waals surface area (Å²) in [6.45, 7) is 5.38. The van der Waals surface area contributed by atoms with Crippen molar-refractivity contribution < 1.29 is 9.47 Å². The first-order valence-corrected chi connectivity index (χ1v) is 7.05. The van der Waals surface area contributed by atoms with Crippen molar-refractivity contribution in [3.8, 4) is 11.5 Å². The van der Waals surface area contributed by atoms with E-state index < -0.39 is 0 Å². The lowest BCUT2D eigenvalue weighted by molar-refractivity contribution is 0.280. The molecule has 0 fully saturated rings. The number of hydrogen-bond acceptors (Lipinski definition) is 5. The lowest BCUT2D eigenvalue weighted by Gasteiger charge is -2.11. The van der Waals surface area contributed by atoms with Crippen LogP contribution in [0, 0.1) is 6.92 Å². The summed E-state index contributed by atoms with van der Waals surface area (Å²) in [5.74, 6) is 2.22. The van der Waals surface area contributed by atoms with Gasteiger partial charge in [-0.3, -0.25) is 4.98 Å². The van der Waals surface area contributed by atoms with Gasteiger partial charge in [0.1, 0.15) is 12.4 Å². The molecular formula is C16H21N3O2. The van der Waals surface area contributed by atoms with E-state index in [-0.39, 0.29) is 0 Å². The van der Waals surface area contributed by atoms with Crippen LogP contribution < -0.4 is 14.8 Å². The number of rotatable bonds is 7. The molecule has 0 atom stereocenters. The summed E-state index contributed by atoms with van der Waals surface area (Å²) in [6, 6.07) is 5.83. The molecule has 0 radical (unpaired) electrons. The Morgan fingerprint density at radius 1 is 1.14 bits per heavy atom. The van der Waals surface area contributed by atoms with Gasteiger partial charge in [0.25, 0.3) is 0 Å². The average molecular weight is 287 g/mol. The number of aryl methyl sites for hydroxylation is 1. The first kappa shape index (κ1) is 15.1. The topological polar surface area (TPSA) is 56.3 Å². The summed E-state index contributed by atoms with van der Waals surface area (Å²) in [6.07, 6.45) is 4.50. The fourth-order valence-corrected chi connectivity index (χ4v) is 1.82. The minimum absolute atomic E-state index is 0.362. The second kappa shape index (κ2) is 7.47. The smallest absolute Gasteiger partial charge is 0.161 e. The predicted octanol–water partition coefficient (Wildman–Crippen LogP) is 3.19. The summed E-state index contributed by atoms with van der Waals surface area (Å²) < 4.78 is 11.0. The van der Waals surface area contributed by atoms with Crippen molar-refractivity contribution >= 4 is 5.82 Å². The van der Waals surface area contributed by atoms with Crippen LogP contribution in [0.4, 0.5) is 5.82 Å². The van der Waals surface area contributed by atoms with Crippen molar-refractivity contribution in [3.05, 3.63) is 41.9 Å². The van der Waals surface area contributed by atoms with Gasteiger partial charge < -0.3 is 14.8 Å². The Hall–Kier alpha value is -2.30. The van der Waals surface area contributed by atoms with Gasteiger partial charge in [0, 0.05) is 6.54 Å². The molecule has 0 spiro atoms. The second-order valence-electron chi connectivity index (χ2n) is 4.76. The van der Waals surface area contributed by atoms with Gasteiger partial charge >= 0.3 is 0 Å². The number of benzene rings is 1. The van der Waals surface area contributed by atoms with Crippen LogP contribution in [-0.4, -0.2) is 23.6 Å². The molecule has 0 bridgehead atoms. The first-order valence-electron chi connectivity index (χ1n) is 7.05. The van der Waals surface area contributed by atoms with E-state index >= 15 is 0 Å². The highest BCUT2D eigenvalue weighted by Gasteiger charge is 2.05. The maximum absolute atomic E-state index is 5.74. The van der Waals surface area contributed by atoms with E-state index in [1.807, 2.05) is 25.1 Å². The van der Waals surface area contributed by atoms with E-state index in [1.54, 1.807) is 19.5 Å². The Bertz CT molecular complexity index is 570. The molecule has 0 amide bonds. The zero-order chi connectivity index (χ0) is 15.1. The van der Waals surface area contributed by atoms with Crippen LogP contribution in [0.3, 0.4) is 0 Å². The third-order valence-corrected chi connectivity index (χ3v) is 2.96. The van der Waals surface area contributed by atoms with Gasteiger partial charge in [0.2, 0.25) is 0 Å². The maximum Gasteiger partial charge on any atom is 0.161 e. The van der Waals surface area contributed by atoms with Crippen LogP contribution >= 0.6 is 0 Å². The minimum Gasteiger partial charge on any atom is -0.493 e. The van der Waals surface area contributed by atoms with Gasteiger partial charge in [-0.05, 0) is 31.0 Å². The Kier molecular flexibility index (Phi) is 5.37. The number of aromatic nitrogens is 2. The number of nitrogens with zero attached hydrogens (tertiary/aromatic N) is 2. The van der Waals surface area contributed by atoms with E-state index in [4.69, 9.17) is 9.47 Å². The number of hydrogen-bond donors (Lipinski definition) is 1. The van der Waals surface area contributed by atoms with Crippen molar-refractivity contribution in [2.45, 2.75) is 26.9 Å². The van der Waals surface area contributed by atoms with Crippen LogP contribution in [0.15, 0.2) is 30.6 Å². The summed E-state index contributed by atoms with van der Waals surface area (Å²) >= 11 is 0. The standard InChI is InChI=1S/C16H21N3O2/c1-4-7-17-16-10-18-13(9-19-16)11-21-14-6-5-12(2)8-15(14)20-3/h5-6,8-10H,4,7,11H2,1-3H3,(H,17,19). The SMILES string of the molecule is CCCNc1cnc(COc2ccc(C)cc2OC)cn1. The van der Waals surface area contributed by atoms with Gasteiger partial charge in [0.15, 0.2) is 11.5 Å². The summed E-state index contributed by atoms with van der Waals surface area (Å²) in [7, 11) is 1.63. The van der Waals surface area contributed by atoms with Gasteiger partial charge in [-0.1, -0.05) is 13.0 Å². The second-order valence-corrected chi connectivity index (χ2v) is 4.76. The molecule has 2 rings (SSSR count). The lowest BCUT2D eigenvalue weighted by Crippen LogP contribution is -2.05. The van der Waals surface area contributed by atoms with E-state index in [0.717, 1.165) is 35.8 Å². The molecule has 0 unspecified atom stereocenters. The fraction of sp³-hybridized carbons (Fsp3) is 0.375. The predicted molar refractivity (Wildman–Crippen MR) is 82.9 cm³/mol. The fourth-order valence-electron chi connectivity index (χ4n) is 1.82. The molecule has 0 saturated carbocycles. The quantitative estimate of drug-likeness (QED) is 0.847. The Morgan fingerprint density at radius 3 is 2.67 bits per heavy atom. The van der Waals surface area contributed by atoms with Gasteiger partial charge in [-0.15, -0.1) is 0 Å². The van der Waals surface area contributed by atoms with Crippen LogP contribution in [0.5, 0.6) is 11.5 Å². The van der Waals surface area contributed by atoms with Crippen molar-refractivity contribution in [1.29, 1.82) is 0 Å². The van der Waals surface area contributed by atoms with Gasteiger partial charge in [0.05, 0.1) is 25.2 Å². The highest BCUT2D eigenvalue weighted by Crippen LogP contribution is 2.28. The largest absolute Gasteiger partial charge is 0.493 e. The molecule has 1 aromatic carbocycles. The maximum atomic E-state index is 5.74. The highest BCUT2D eigenvalue weighted by molar-refractivity contribution is 5.42. The average Bonchev–Trinajstić information content (AvgIpc) is 2.52. The van der Waals surface area contributed by atoms with Gasteiger partial charge in [-0.2, -0.15) is 0 Å². The summed E-state index contributed by atoms with van der Waals surface area (Å²) in [4.78, 5) is 8.63. The molecule has 0 saturated heterocycles. The zero-order valence-corrected chi connectivity index (χ0v) is 12.7. The molecular weight excluding hydrogens is 266 g/mol. The van der Waals surface area contributed by atoms with E-state index in [2.05, 4.69) is 22.2 Å². The molecule has 21 heavy (non-hydrogen) atoms. The van der Waals surface area contributed by atoms with Crippen molar-refractivity contribution in [2.75, 3.05) is 19.0 Å². The van der Waals surface area contributed by atoms with Crippen molar-refractivity contribution in [2.24, 2.45) is 0 Å². The molecule has 1 heterocycles. The molecule has 1 aromatic heterocycles. The van der Waals surface area contributed by atoms with E-state index in [1.165, 1.54) is 0 Å². The number of anilines is 1. The Labute approximate surface area is 125 Å². The number of nitrogens with one attached hydrogen (secondary N) is 1. The molecule has 112 valence electrons. The monoisotopic (exact) mass is 287 g/mol. The highest BCUT2D eigenvalue weighted by atomic mass is 16.5. The van der Waals surface area contributed by atoms with Crippen LogP contribution in [-0.2, 0) is 6.61 Å². The van der Waals surface area contributed by atoms with Crippen molar-refractivity contribution in [1.82, 2.24) is 9.97 Å². The molecule has 2 aromatic rings. The Balaban J connectivity index is 1.96. The normalized spacial score (nSPS) is 10.2. The third kappa shape index (κ3) is 4.34. The summed E-state index contributed by atoms with van der Waals surface area (Å²) in [5, 5.41) is 3.19. The number of methoxy groups -OCH3 is 1. The lowest BCUT2D eigenvalue weighted by atomic mass is 10.2. The molecule has 0 aliphatic carbocycles. The van der Waals surface area contributed by atoms with Crippen LogP contribution in [0.2, 0.25) is 0 Å². The third-order valence-electron chi connectivity index (χ3n) is 2.96. The molecule has 0 aliphatic heterocycles. The molecule has 1 N–H and O–H groups in total. The summed E-state index contributed by atoms with van der Waals surface area (Å²) in [5.41, 5.74) is 1.91. The van der Waals surface area contributed by atoms with Crippen LogP contribution in [0.1, 0.15) is 24.6 Å². The van der Waals surface area contributed by atoms with E-state index in [0.29, 0.717) is 12.4 Å². The number of ether oxygens (including phenoxy) is 2. The van der Waals surface area contributed by atoms with Crippen molar-refractivity contribution in [3.63, 3.8) is 0 Å². The Morgan fingerprint density at radius 2 is 2.00 bits per heavy atom. The zero-order valence-electron chi connectivity index (χ0n) is 12.7. The molecule has 0 aliphatic rings. The van der Waals surface area contributed by atoms with E-state index in [9.17, 15) is 0 Å². The van der Waals surface area contributed by atoms with Gasteiger partial charge in [-0.25, -0.2) is 4.98 Å². The molecule has 5 nitrogen and oxygen atoms in total.